The summed E-state index contributed by atoms with van der Waals surface area (Å²) in [6.07, 6.45) is 0.208. The van der Waals surface area contributed by atoms with Crippen molar-refractivity contribution in [3.8, 4) is 0 Å². The molecule has 0 bridgehead atoms. The van der Waals surface area contributed by atoms with Crippen molar-refractivity contribution in [2.24, 2.45) is 0 Å². The van der Waals surface area contributed by atoms with Gasteiger partial charge in [-0.1, -0.05) is 41.6 Å². The smallest absolute Gasteiger partial charge is 0.234 e. The van der Waals surface area contributed by atoms with Crippen molar-refractivity contribution < 1.29 is 9.59 Å². The van der Waals surface area contributed by atoms with Gasteiger partial charge in [0.25, 0.3) is 0 Å². The van der Waals surface area contributed by atoms with E-state index in [0.29, 0.717) is 5.69 Å². The SMILES string of the molecule is Cc1ccc(NC(=O)CSc2nc(CC(=O)Nc3cccc(C)c3C)cs2)cc1. The second kappa shape index (κ2) is 9.71. The van der Waals surface area contributed by atoms with Gasteiger partial charge in [-0.05, 0) is 50.1 Å². The Morgan fingerprint density at radius 2 is 1.76 bits per heavy atom. The first kappa shape index (κ1) is 21.1. The van der Waals surface area contributed by atoms with Gasteiger partial charge in [0.2, 0.25) is 11.8 Å². The predicted molar refractivity (Wildman–Crippen MR) is 121 cm³/mol. The van der Waals surface area contributed by atoms with E-state index in [2.05, 4.69) is 15.6 Å². The van der Waals surface area contributed by atoms with Gasteiger partial charge in [-0.25, -0.2) is 4.98 Å². The van der Waals surface area contributed by atoms with Gasteiger partial charge < -0.3 is 10.6 Å². The molecule has 0 saturated carbocycles. The van der Waals surface area contributed by atoms with E-state index in [9.17, 15) is 9.59 Å². The maximum absolute atomic E-state index is 12.3. The van der Waals surface area contributed by atoms with Crippen LogP contribution in [0.2, 0.25) is 0 Å². The monoisotopic (exact) mass is 425 g/mol. The van der Waals surface area contributed by atoms with Gasteiger partial charge in [-0.3, -0.25) is 9.59 Å². The normalized spacial score (nSPS) is 10.6. The van der Waals surface area contributed by atoms with Gasteiger partial charge in [0.05, 0.1) is 17.9 Å². The third-order valence-corrected chi connectivity index (χ3v) is 6.48. The van der Waals surface area contributed by atoms with Crippen LogP contribution in [0.3, 0.4) is 0 Å². The Labute approximate surface area is 179 Å². The molecule has 150 valence electrons. The second-order valence-electron chi connectivity index (χ2n) is 6.78. The number of anilines is 2. The van der Waals surface area contributed by atoms with Gasteiger partial charge in [-0.2, -0.15) is 0 Å². The van der Waals surface area contributed by atoms with E-state index in [-0.39, 0.29) is 24.0 Å². The number of amides is 2. The van der Waals surface area contributed by atoms with Gasteiger partial charge >= 0.3 is 0 Å². The average molecular weight is 426 g/mol. The number of rotatable bonds is 7. The number of benzene rings is 2. The molecule has 0 radical (unpaired) electrons. The minimum Gasteiger partial charge on any atom is -0.325 e. The van der Waals surface area contributed by atoms with Gasteiger partial charge in [0.1, 0.15) is 0 Å². The topological polar surface area (TPSA) is 71.1 Å². The zero-order valence-electron chi connectivity index (χ0n) is 16.6. The maximum Gasteiger partial charge on any atom is 0.234 e. The van der Waals surface area contributed by atoms with Crippen LogP contribution in [-0.4, -0.2) is 22.6 Å². The summed E-state index contributed by atoms with van der Waals surface area (Å²) in [7, 11) is 0. The molecule has 0 aliphatic rings. The Balaban J connectivity index is 1.48. The van der Waals surface area contributed by atoms with Crippen LogP contribution < -0.4 is 10.6 Å². The van der Waals surface area contributed by atoms with Crippen LogP contribution in [0.5, 0.6) is 0 Å². The molecule has 0 aliphatic heterocycles. The fourth-order valence-electron chi connectivity index (χ4n) is 2.64. The summed E-state index contributed by atoms with van der Waals surface area (Å²) in [4.78, 5) is 28.9. The molecule has 0 aliphatic carbocycles. The summed E-state index contributed by atoms with van der Waals surface area (Å²) in [6, 6.07) is 13.5. The first-order valence-corrected chi connectivity index (χ1v) is 11.1. The molecule has 2 aromatic carbocycles. The van der Waals surface area contributed by atoms with Crippen molar-refractivity contribution in [1.82, 2.24) is 4.98 Å². The maximum atomic E-state index is 12.3. The number of carbonyl (C=O) groups is 2. The molecule has 1 aromatic heterocycles. The van der Waals surface area contributed by atoms with Crippen LogP contribution in [0.4, 0.5) is 11.4 Å². The molecule has 7 heteroatoms. The average Bonchev–Trinajstić information content (AvgIpc) is 3.13. The summed E-state index contributed by atoms with van der Waals surface area (Å²) < 4.78 is 0.776. The molecule has 3 aromatic rings. The number of aryl methyl sites for hydroxylation is 2. The molecule has 2 amide bonds. The van der Waals surface area contributed by atoms with Crippen LogP contribution in [0.1, 0.15) is 22.4 Å². The summed E-state index contributed by atoms with van der Waals surface area (Å²) in [5.74, 6) is 0.0936. The first-order valence-electron chi connectivity index (χ1n) is 9.20. The number of thioether (sulfide) groups is 1. The fraction of sp³-hybridized carbons (Fsp3) is 0.227. The quantitative estimate of drug-likeness (QED) is 0.524. The van der Waals surface area contributed by atoms with E-state index in [0.717, 1.165) is 32.4 Å². The van der Waals surface area contributed by atoms with Crippen LogP contribution in [0.15, 0.2) is 52.2 Å². The molecule has 0 unspecified atom stereocenters. The number of aromatic nitrogens is 1. The summed E-state index contributed by atoms with van der Waals surface area (Å²) >= 11 is 2.82. The third-order valence-electron chi connectivity index (χ3n) is 4.41. The minimum absolute atomic E-state index is 0.0803. The second-order valence-corrected chi connectivity index (χ2v) is 8.86. The van der Waals surface area contributed by atoms with Crippen molar-refractivity contribution in [1.29, 1.82) is 0 Å². The molecular weight excluding hydrogens is 402 g/mol. The van der Waals surface area contributed by atoms with E-state index in [1.165, 1.54) is 23.1 Å². The molecule has 0 saturated heterocycles. The first-order chi connectivity index (χ1) is 13.9. The molecule has 3 rings (SSSR count). The molecule has 1 heterocycles. The lowest BCUT2D eigenvalue weighted by atomic mass is 10.1. The number of nitrogens with zero attached hydrogens (tertiary/aromatic N) is 1. The molecule has 29 heavy (non-hydrogen) atoms. The molecule has 0 spiro atoms. The standard InChI is InChI=1S/C22H23N3O2S2/c1-14-7-9-17(10-8-14)23-21(27)13-29-22-24-18(12-28-22)11-20(26)25-19-6-4-5-15(2)16(19)3/h4-10,12H,11,13H2,1-3H3,(H,23,27)(H,25,26). The zero-order valence-corrected chi connectivity index (χ0v) is 18.2. The molecular formula is C22H23N3O2S2. The highest BCUT2D eigenvalue weighted by molar-refractivity contribution is 8.01. The highest BCUT2D eigenvalue weighted by atomic mass is 32.2. The van der Waals surface area contributed by atoms with E-state index < -0.39 is 0 Å². The van der Waals surface area contributed by atoms with Crippen molar-refractivity contribution in [3.05, 3.63) is 70.2 Å². The lowest BCUT2D eigenvalue weighted by Gasteiger charge is -2.09. The molecule has 5 nitrogen and oxygen atoms in total. The summed E-state index contributed by atoms with van der Waals surface area (Å²) in [5.41, 5.74) is 5.67. The Hall–Kier alpha value is -2.64. The number of hydrogen-bond donors (Lipinski definition) is 2. The van der Waals surface area contributed by atoms with Crippen LogP contribution in [0.25, 0.3) is 0 Å². The predicted octanol–water partition coefficient (Wildman–Crippen LogP) is 4.98. The van der Waals surface area contributed by atoms with Crippen molar-refractivity contribution >= 4 is 46.3 Å². The Kier molecular flexibility index (Phi) is 7.06. The molecule has 0 atom stereocenters. The highest BCUT2D eigenvalue weighted by Crippen LogP contribution is 2.24. The largest absolute Gasteiger partial charge is 0.325 e. The van der Waals surface area contributed by atoms with E-state index in [1.807, 2.05) is 68.6 Å². The number of carbonyl (C=O) groups excluding carboxylic acids is 2. The summed E-state index contributed by atoms with van der Waals surface area (Å²) in [6.45, 7) is 6.01. The number of hydrogen-bond acceptors (Lipinski definition) is 5. The van der Waals surface area contributed by atoms with E-state index >= 15 is 0 Å². The fourth-order valence-corrected chi connectivity index (χ4v) is 4.29. The van der Waals surface area contributed by atoms with Crippen molar-refractivity contribution in [2.45, 2.75) is 31.5 Å². The highest BCUT2D eigenvalue weighted by Gasteiger charge is 2.11. The third kappa shape index (κ3) is 6.17. The van der Waals surface area contributed by atoms with Crippen LogP contribution >= 0.6 is 23.1 Å². The minimum atomic E-state index is -0.0994. The Morgan fingerprint density at radius 1 is 1.00 bits per heavy atom. The van der Waals surface area contributed by atoms with Gasteiger partial charge in [0.15, 0.2) is 4.34 Å². The zero-order chi connectivity index (χ0) is 20.8. The van der Waals surface area contributed by atoms with Crippen molar-refractivity contribution in [2.75, 3.05) is 16.4 Å². The molecule has 0 fully saturated rings. The number of thiazole rings is 1. The van der Waals surface area contributed by atoms with Crippen LogP contribution in [-0.2, 0) is 16.0 Å². The number of nitrogens with one attached hydrogen (secondary N) is 2. The van der Waals surface area contributed by atoms with E-state index in [1.54, 1.807) is 0 Å². The van der Waals surface area contributed by atoms with Crippen molar-refractivity contribution in [3.63, 3.8) is 0 Å². The lowest BCUT2D eigenvalue weighted by molar-refractivity contribution is -0.116. The van der Waals surface area contributed by atoms with Crippen LogP contribution in [0, 0.1) is 20.8 Å². The Bertz CT molecular complexity index is 1010. The molecule has 2 N–H and O–H groups in total. The van der Waals surface area contributed by atoms with Gasteiger partial charge in [-0.15, -0.1) is 11.3 Å². The summed E-state index contributed by atoms with van der Waals surface area (Å²) in [5, 5.41) is 7.68. The van der Waals surface area contributed by atoms with E-state index in [4.69, 9.17) is 0 Å². The van der Waals surface area contributed by atoms with Gasteiger partial charge in [0, 0.05) is 16.8 Å². The Morgan fingerprint density at radius 3 is 2.52 bits per heavy atom. The lowest BCUT2D eigenvalue weighted by Crippen LogP contribution is -2.15.